The third kappa shape index (κ3) is 3.95. The van der Waals surface area contributed by atoms with Gasteiger partial charge >= 0.3 is 0 Å². The zero-order chi connectivity index (χ0) is 9.73. The minimum Gasteiger partial charge on any atom is -0.107 e. The molecule has 1 aliphatic rings. The molecule has 0 aromatic rings. The highest BCUT2D eigenvalue weighted by atomic mass is 28.3. The second-order valence-corrected chi connectivity index (χ2v) is 9.77. The van der Waals surface area contributed by atoms with Crippen LogP contribution < -0.4 is 0 Å². The fourth-order valence-corrected chi connectivity index (χ4v) is 3.15. The molecule has 0 nitrogen and oxygen atoms in total. The Balaban J connectivity index is 2.25. The van der Waals surface area contributed by atoms with E-state index in [2.05, 4.69) is 37.5 Å². The van der Waals surface area contributed by atoms with E-state index in [1.54, 1.807) is 0 Å². The summed E-state index contributed by atoms with van der Waals surface area (Å²) in [7, 11) is -1.02. The second-order valence-electron chi connectivity index (χ2n) is 4.88. The molecule has 1 unspecified atom stereocenters. The lowest BCUT2D eigenvalue weighted by atomic mass is 9.92. The summed E-state index contributed by atoms with van der Waals surface area (Å²) in [5.41, 5.74) is 2.23. The molecule has 0 aliphatic heterocycles. The first kappa shape index (κ1) is 10.8. The van der Waals surface area contributed by atoms with Gasteiger partial charge in [0.15, 0.2) is 0 Å². The predicted octanol–water partition coefficient (Wildman–Crippen LogP) is 4.17. The lowest BCUT2D eigenvalue weighted by Crippen LogP contribution is -2.23. The summed E-state index contributed by atoms with van der Waals surface area (Å²) >= 11 is 0. The first-order valence-electron chi connectivity index (χ1n) is 5.43. The van der Waals surface area contributed by atoms with Crippen molar-refractivity contribution in [2.75, 3.05) is 0 Å². The number of allylic oxidation sites excluding steroid dienone is 2. The highest BCUT2D eigenvalue weighted by Gasteiger charge is 2.18. The van der Waals surface area contributed by atoms with Gasteiger partial charge in [-0.15, -0.1) is 12.3 Å². The normalized spacial score (nSPS) is 23.1. The Morgan fingerprint density at radius 3 is 2.77 bits per heavy atom. The molecule has 0 amide bonds. The highest BCUT2D eigenvalue weighted by molar-refractivity contribution is 6.82. The monoisotopic (exact) mass is 194 g/mol. The Bertz CT molecular complexity index is 191. The number of hydrogen-bond donors (Lipinski definition) is 0. The molecule has 74 valence electrons. The Kier molecular flexibility index (Phi) is 3.98. The first-order valence-corrected chi connectivity index (χ1v) is 8.71. The molecule has 1 heteroatoms. The van der Waals surface area contributed by atoms with Gasteiger partial charge in [-0.1, -0.05) is 37.7 Å². The maximum absolute atomic E-state index is 3.94. The number of hydrogen-bond acceptors (Lipinski definition) is 0. The van der Waals surface area contributed by atoms with E-state index in [0.717, 1.165) is 5.92 Å². The minimum atomic E-state index is -1.02. The van der Waals surface area contributed by atoms with E-state index >= 15 is 0 Å². The van der Waals surface area contributed by atoms with Crippen LogP contribution in [-0.4, -0.2) is 8.07 Å². The molecule has 0 radical (unpaired) electrons. The molecule has 0 N–H and O–H groups in total. The van der Waals surface area contributed by atoms with E-state index in [1.807, 2.05) is 0 Å². The average molecular weight is 194 g/mol. The predicted molar refractivity (Wildman–Crippen MR) is 63.6 cm³/mol. The summed E-state index contributed by atoms with van der Waals surface area (Å²) in [5, 5.41) is 0. The third-order valence-electron chi connectivity index (χ3n) is 3.13. The van der Waals surface area contributed by atoms with E-state index in [9.17, 15) is 0 Å². The van der Waals surface area contributed by atoms with Crippen molar-refractivity contribution >= 4 is 8.07 Å². The van der Waals surface area contributed by atoms with Crippen LogP contribution in [0.4, 0.5) is 0 Å². The molecule has 0 saturated carbocycles. The van der Waals surface area contributed by atoms with E-state index in [0.29, 0.717) is 0 Å². The van der Waals surface area contributed by atoms with E-state index < -0.39 is 8.07 Å². The first-order chi connectivity index (χ1) is 6.14. The molecule has 0 heterocycles. The summed E-state index contributed by atoms with van der Waals surface area (Å²) in [5.74, 6) is 0.969. The summed E-state index contributed by atoms with van der Waals surface area (Å²) < 4.78 is 0. The van der Waals surface area contributed by atoms with Gasteiger partial charge in [0.2, 0.25) is 0 Å². The van der Waals surface area contributed by atoms with Crippen molar-refractivity contribution < 1.29 is 0 Å². The van der Waals surface area contributed by atoms with Gasteiger partial charge in [0, 0.05) is 0 Å². The molecule has 0 aromatic heterocycles. The molecular weight excluding hydrogens is 172 g/mol. The molecule has 1 rings (SSSR count). The van der Waals surface area contributed by atoms with E-state index in [-0.39, 0.29) is 0 Å². The van der Waals surface area contributed by atoms with Gasteiger partial charge in [-0.25, -0.2) is 0 Å². The zero-order valence-electron chi connectivity index (χ0n) is 9.05. The van der Waals surface area contributed by atoms with E-state index in [4.69, 9.17) is 0 Å². The quantitative estimate of drug-likeness (QED) is 0.465. The largest absolute Gasteiger partial charge is 0.107 e. The Morgan fingerprint density at radius 1 is 1.46 bits per heavy atom. The number of rotatable bonds is 4. The van der Waals surface area contributed by atoms with E-state index in [1.165, 1.54) is 31.7 Å². The van der Waals surface area contributed by atoms with Crippen LogP contribution >= 0.6 is 0 Å². The molecule has 1 aliphatic carbocycles. The van der Waals surface area contributed by atoms with Crippen molar-refractivity contribution in [3.63, 3.8) is 0 Å². The molecule has 1 atom stereocenters. The van der Waals surface area contributed by atoms with Crippen molar-refractivity contribution in [2.24, 2.45) is 5.92 Å². The molecule has 0 bridgehead atoms. The van der Waals surface area contributed by atoms with Crippen molar-refractivity contribution in [1.82, 2.24) is 0 Å². The Labute approximate surface area is 83.7 Å². The molecular formula is C12H22Si. The van der Waals surface area contributed by atoms with Gasteiger partial charge in [-0.2, -0.15) is 0 Å². The van der Waals surface area contributed by atoms with Gasteiger partial charge in [0.05, 0.1) is 8.07 Å². The SMILES string of the molecule is C=C[Si](C)(C)CCC1CC=CCC1. The summed E-state index contributed by atoms with van der Waals surface area (Å²) in [6.07, 6.45) is 10.2. The zero-order valence-corrected chi connectivity index (χ0v) is 10.1. The third-order valence-corrected chi connectivity index (χ3v) is 5.81. The fourth-order valence-electron chi connectivity index (χ4n) is 1.80. The molecule has 0 spiro atoms. The standard InChI is InChI=1S/C12H22Si/c1-4-13(2,3)11-10-12-8-6-5-7-9-12/h4-6,12H,1,7-11H2,2-3H3. The van der Waals surface area contributed by atoms with Crippen LogP contribution in [0.15, 0.2) is 24.4 Å². The van der Waals surface area contributed by atoms with Gasteiger partial charge in [0.25, 0.3) is 0 Å². The lowest BCUT2D eigenvalue weighted by Gasteiger charge is -2.22. The lowest BCUT2D eigenvalue weighted by molar-refractivity contribution is 0.463. The molecule has 0 saturated heterocycles. The fraction of sp³-hybridized carbons (Fsp3) is 0.667. The van der Waals surface area contributed by atoms with Crippen molar-refractivity contribution in [3.05, 3.63) is 24.4 Å². The van der Waals surface area contributed by atoms with Gasteiger partial charge in [0.1, 0.15) is 0 Å². The molecule has 13 heavy (non-hydrogen) atoms. The van der Waals surface area contributed by atoms with Crippen molar-refractivity contribution in [1.29, 1.82) is 0 Å². The van der Waals surface area contributed by atoms with Crippen molar-refractivity contribution in [2.45, 2.75) is 44.8 Å². The summed E-state index contributed by atoms with van der Waals surface area (Å²) in [6.45, 7) is 8.77. The van der Waals surface area contributed by atoms with Crippen LogP contribution in [0.25, 0.3) is 0 Å². The van der Waals surface area contributed by atoms with Crippen LogP contribution in [0, 0.1) is 5.92 Å². The van der Waals surface area contributed by atoms with Gasteiger partial charge < -0.3 is 0 Å². The second kappa shape index (κ2) is 4.80. The van der Waals surface area contributed by atoms with Gasteiger partial charge in [-0.05, 0) is 25.2 Å². The van der Waals surface area contributed by atoms with Crippen LogP contribution in [0.5, 0.6) is 0 Å². The summed E-state index contributed by atoms with van der Waals surface area (Å²) in [6, 6.07) is 1.43. The Hall–Kier alpha value is -0.303. The van der Waals surface area contributed by atoms with Crippen molar-refractivity contribution in [3.8, 4) is 0 Å². The molecule has 0 fully saturated rings. The molecule has 0 aromatic carbocycles. The smallest absolute Gasteiger partial charge is 0.0709 e. The van der Waals surface area contributed by atoms with Crippen LogP contribution in [-0.2, 0) is 0 Å². The maximum Gasteiger partial charge on any atom is 0.0709 e. The highest BCUT2D eigenvalue weighted by Crippen LogP contribution is 2.26. The average Bonchev–Trinajstić information content (AvgIpc) is 2.17. The minimum absolute atomic E-state index is 0.969. The maximum atomic E-state index is 3.94. The van der Waals surface area contributed by atoms with Crippen LogP contribution in [0.3, 0.4) is 0 Å². The Morgan fingerprint density at radius 2 is 2.23 bits per heavy atom. The van der Waals surface area contributed by atoms with Gasteiger partial charge in [-0.3, -0.25) is 0 Å². The van der Waals surface area contributed by atoms with Crippen LogP contribution in [0.2, 0.25) is 19.1 Å². The topological polar surface area (TPSA) is 0 Å². The summed E-state index contributed by atoms with van der Waals surface area (Å²) in [4.78, 5) is 0. The van der Waals surface area contributed by atoms with Crippen LogP contribution in [0.1, 0.15) is 25.7 Å².